The van der Waals surface area contributed by atoms with E-state index in [1.807, 2.05) is 34.0 Å². The van der Waals surface area contributed by atoms with Crippen LogP contribution < -0.4 is 5.32 Å². The van der Waals surface area contributed by atoms with Gasteiger partial charge in [0.15, 0.2) is 0 Å². The molecule has 0 bridgehead atoms. The van der Waals surface area contributed by atoms with E-state index in [0.29, 0.717) is 6.04 Å². The molecule has 0 amide bonds. The van der Waals surface area contributed by atoms with Crippen LogP contribution >= 0.6 is 12.4 Å². The third kappa shape index (κ3) is 3.26. The van der Waals surface area contributed by atoms with Crippen LogP contribution in [0.25, 0.3) is 0 Å². The summed E-state index contributed by atoms with van der Waals surface area (Å²) in [5, 5.41) is 11.9. The summed E-state index contributed by atoms with van der Waals surface area (Å²) in [5.41, 5.74) is 2.23. The van der Waals surface area contributed by atoms with Crippen LogP contribution in [0.3, 0.4) is 0 Å². The third-order valence-corrected chi connectivity index (χ3v) is 2.67. The van der Waals surface area contributed by atoms with Crippen molar-refractivity contribution in [1.82, 2.24) is 19.6 Å². The van der Waals surface area contributed by atoms with E-state index in [9.17, 15) is 0 Å². The first-order chi connectivity index (χ1) is 8.20. The summed E-state index contributed by atoms with van der Waals surface area (Å²) in [6, 6.07) is 2.43. The molecule has 0 aliphatic rings. The molecule has 2 heterocycles. The molecule has 0 radical (unpaired) electrons. The first kappa shape index (κ1) is 14.6. The lowest BCUT2D eigenvalue weighted by atomic mass is 10.3. The molecule has 0 saturated carbocycles. The highest BCUT2D eigenvalue weighted by Crippen LogP contribution is 2.11. The van der Waals surface area contributed by atoms with Gasteiger partial charge in [-0.3, -0.25) is 9.36 Å². The first-order valence-corrected chi connectivity index (χ1v) is 5.99. The van der Waals surface area contributed by atoms with Gasteiger partial charge < -0.3 is 5.32 Å². The number of aromatic nitrogens is 4. The van der Waals surface area contributed by atoms with Crippen molar-refractivity contribution in [1.29, 1.82) is 0 Å². The van der Waals surface area contributed by atoms with Gasteiger partial charge in [0, 0.05) is 25.0 Å². The highest BCUT2D eigenvalue weighted by Gasteiger charge is 2.05. The van der Waals surface area contributed by atoms with E-state index in [4.69, 9.17) is 0 Å². The fourth-order valence-electron chi connectivity index (χ4n) is 1.77. The Morgan fingerprint density at radius 2 is 2.11 bits per heavy atom. The van der Waals surface area contributed by atoms with Crippen LogP contribution in [-0.2, 0) is 13.1 Å². The maximum absolute atomic E-state index is 4.31. The summed E-state index contributed by atoms with van der Waals surface area (Å²) in [5.74, 6) is 0. The fourth-order valence-corrected chi connectivity index (χ4v) is 1.77. The summed E-state index contributed by atoms with van der Waals surface area (Å²) in [4.78, 5) is 0. The number of hydrogen-bond acceptors (Lipinski definition) is 3. The summed E-state index contributed by atoms with van der Waals surface area (Å²) in [6.45, 7) is 8.00. The predicted octanol–water partition coefficient (Wildman–Crippen LogP) is 2.71. The van der Waals surface area contributed by atoms with E-state index in [1.165, 1.54) is 5.69 Å². The Bertz CT molecular complexity index is 474. The quantitative estimate of drug-likeness (QED) is 0.908. The van der Waals surface area contributed by atoms with Crippen LogP contribution in [0.5, 0.6) is 0 Å². The second-order valence-corrected chi connectivity index (χ2v) is 4.30. The lowest BCUT2D eigenvalue weighted by molar-refractivity contribution is 0.512. The molecular formula is C12H20ClN5. The van der Waals surface area contributed by atoms with Crippen molar-refractivity contribution >= 4 is 18.1 Å². The average Bonchev–Trinajstić information content (AvgIpc) is 2.95. The molecule has 1 N–H and O–H groups in total. The molecule has 5 nitrogen and oxygen atoms in total. The summed E-state index contributed by atoms with van der Waals surface area (Å²) in [7, 11) is 0. The maximum Gasteiger partial charge on any atom is 0.0729 e. The van der Waals surface area contributed by atoms with Gasteiger partial charge in [0.1, 0.15) is 0 Å². The topological polar surface area (TPSA) is 47.7 Å². The number of anilines is 1. The van der Waals surface area contributed by atoms with Gasteiger partial charge in [-0.15, -0.1) is 12.4 Å². The van der Waals surface area contributed by atoms with E-state index in [0.717, 1.165) is 18.8 Å². The van der Waals surface area contributed by atoms with Crippen LogP contribution in [0.4, 0.5) is 5.69 Å². The highest BCUT2D eigenvalue weighted by atomic mass is 35.5. The molecule has 2 rings (SSSR count). The second-order valence-electron chi connectivity index (χ2n) is 4.30. The minimum atomic E-state index is 0. The van der Waals surface area contributed by atoms with Gasteiger partial charge in [0.05, 0.1) is 24.1 Å². The smallest absolute Gasteiger partial charge is 0.0729 e. The molecule has 2 aromatic rings. The van der Waals surface area contributed by atoms with Gasteiger partial charge in [-0.05, 0) is 26.8 Å². The minimum Gasteiger partial charge on any atom is -0.377 e. The molecular weight excluding hydrogens is 250 g/mol. The molecule has 0 aromatic carbocycles. The van der Waals surface area contributed by atoms with E-state index < -0.39 is 0 Å². The first-order valence-electron chi connectivity index (χ1n) is 5.99. The molecule has 0 aliphatic carbocycles. The van der Waals surface area contributed by atoms with Gasteiger partial charge in [-0.25, -0.2) is 0 Å². The SMILES string of the molecule is CCn1cc(NCc2ccnn2C(C)C)cn1.Cl. The van der Waals surface area contributed by atoms with Crippen molar-refractivity contribution in [2.75, 3.05) is 5.32 Å². The van der Waals surface area contributed by atoms with Gasteiger partial charge in [0.2, 0.25) is 0 Å². The number of nitrogens with zero attached hydrogens (tertiary/aromatic N) is 4. The van der Waals surface area contributed by atoms with Gasteiger partial charge in [-0.1, -0.05) is 0 Å². The normalized spacial score (nSPS) is 10.4. The zero-order chi connectivity index (χ0) is 12.3. The van der Waals surface area contributed by atoms with Gasteiger partial charge in [0.25, 0.3) is 0 Å². The van der Waals surface area contributed by atoms with Crippen molar-refractivity contribution in [3.8, 4) is 0 Å². The molecule has 0 saturated heterocycles. The average molecular weight is 270 g/mol. The van der Waals surface area contributed by atoms with E-state index in [1.54, 1.807) is 0 Å². The lowest BCUT2D eigenvalue weighted by Crippen LogP contribution is -2.10. The van der Waals surface area contributed by atoms with Gasteiger partial charge in [-0.2, -0.15) is 10.2 Å². The molecule has 100 valence electrons. The summed E-state index contributed by atoms with van der Waals surface area (Å²) < 4.78 is 3.93. The molecule has 6 heteroatoms. The standard InChI is InChI=1S/C12H19N5.ClH/c1-4-16-9-11(7-15-16)13-8-12-5-6-14-17(12)10(2)3;/h5-7,9-10,13H,4,8H2,1-3H3;1H. The zero-order valence-electron chi connectivity index (χ0n) is 11.0. The number of rotatable bonds is 5. The molecule has 2 aromatic heterocycles. The number of halogens is 1. The van der Waals surface area contributed by atoms with Crippen molar-refractivity contribution in [3.63, 3.8) is 0 Å². The molecule has 18 heavy (non-hydrogen) atoms. The third-order valence-electron chi connectivity index (χ3n) is 2.67. The number of nitrogens with one attached hydrogen (secondary N) is 1. The largest absolute Gasteiger partial charge is 0.377 e. The monoisotopic (exact) mass is 269 g/mol. The van der Waals surface area contributed by atoms with Crippen LogP contribution in [0.2, 0.25) is 0 Å². The van der Waals surface area contributed by atoms with Crippen molar-refractivity contribution in [2.45, 2.75) is 39.9 Å². The van der Waals surface area contributed by atoms with Crippen molar-refractivity contribution < 1.29 is 0 Å². The Balaban J connectivity index is 0.00000162. The van der Waals surface area contributed by atoms with E-state index in [-0.39, 0.29) is 12.4 Å². The Morgan fingerprint density at radius 1 is 1.33 bits per heavy atom. The molecule has 0 spiro atoms. The molecule has 0 aliphatic heterocycles. The Hall–Kier alpha value is -1.49. The molecule has 0 fully saturated rings. The summed E-state index contributed by atoms with van der Waals surface area (Å²) >= 11 is 0. The Kier molecular flexibility index (Phi) is 5.22. The molecule has 0 atom stereocenters. The van der Waals surface area contributed by atoms with Gasteiger partial charge >= 0.3 is 0 Å². The van der Waals surface area contributed by atoms with E-state index >= 15 is 0 Å². The van der Waals surface area contributed by atoms with Crippen molar-refractivity contribution in [2.24, 2.45) is 0 Å². The predicted molar refractivity (Wildman–Crippen MR) is 75.1 cm³/mol. The summed E-state index contributed by atoms with van der Waals surface area (Å²) in [6.07, 6.45) is 5.70. The fraction of sp³-hybridized carbons (Fsp3) is 0.500. The Labute approximate surface area is 114 Å². The lowest BCUT2D eigenvalue weighted by Gasteiger charge is -2.11. The van der Waals surface area contributed by atoms with Crippen LogP contribution in [0.1, 0.15) is 32.5 Å². The second kappa shape index (κ2) is 6.44. The molecule has 0 unspecified atom stereocenters. The zero-order valence-corrected chi connectivity index (χ0v) is 11.8. The highest BCUT2D eigenvalue weighted by molar-refractivity contribution is 5.85. The minimum absolute atomic E-state index is 0. The van der Waals surface area contributed by atoms with Crippen LogP contribution in [0.15, 0.2) is 24.7 Å². The number of aryl methyl sites for hydroxylation is 1. The van der Waals surface area contributed by atoms with Crippen LogP contribution in [-0.4, -0.2) is 19.6 Å². The Morgan fingerprint density at radius 3 is 2.72 bits per heavy atom. The number of hydrogen-bond donors (Lipinski definition) is 1. The van der Waals surface area contributed by atoms with Crippen molar-refractivity contribution in [3.05, 3.63) is 30.4 Å². The maximum atomic E-state index is 4.31. The van der Waals surface area contributed by atoms with E-state index in [2.05, 4.69) is 36.3 Å². The van der Waals surface area contributed by atoms with Crippen LogP contribution in [0, 0.1) is 0 Å².